The molecule has 6 heteroatoms. The zero-order valence-electron chi connectivity index (χ0n) is 15.9. The lowest BCUT2D eigenvalue weighted by Crippen LogP contribution is -2.13. The number of ether oxygens (including phenoxy) is 1. The van der Waals surface area contributed by atoms with Crippen LogP contribution in [0.1, 0.15) is 33.3 Å². The van der Waals surface area contributed by atoms with Crippen molar-refractivity contribution < 1.29 is 23.1 Å². The molecule has 0 aliphatic carbocycles. The molecule has 0 saturated carbocycles. The number of carbonyl (C=O) groups excluding carboxylic acids is 2. The van der Waals surface area contributed by atoms with E-state index in [2.05, 4.69) is 0 Å². The standard InChI is InChI=1S/C22H20FNO4/c1-14-12-20(16(3)24(14)18-7-5-17(23)6-8-18)21(25)13-27-22(26)11-10-19-9-4-15(2)28-19/h4-12H,13H2,1-3H3. The molecule has 2 heterocycles. The van der Waals surface area contributed by atoms with Gasteiger partial charge in [0.15, 0.2) is 6.61 Å². The van der Waals surface area contributed by atoms with Gasteiger partial charge in [-0.05, 0) is 69.3 Å². The fourth-order valence-corrected chi connectivity index (χ4v) is 2.99. The molecular weight excluding hydrogens is 361 g/mol. The van der Waals surface area contributed by atoms with E-state index in [9.17, 15) is 14.0 Å². The molecule has 0 unspecified atom stereocenters. The molecule has 0 bridgehead atoms. The van der Waals surface area contributed by atoms with Crippen LogP contribution in [-0.2, 0) is 9.53 Å². The maximum atomic E-state index is 13.2. The highest BCUT2D eigenvalue weighted by Crippen LogP contribution is 2.21. The van der Waals surface area contributed by atoms with Crippen molar-refractivity contribution in [2.24, 2.45) is 0 Å². The summed E-state index contributed by atoms with van der Waals surface area (Å²) >= 11 is 0. The summed E-state index contributed by atoms with van der Waals surface area (Å²) in [6.07, 6.45) is 2.70. The van der Waals surface area contributed by atoms with Crippen molar-refractivity contribution in [3.63, 3.8) is 0 Å². The number of hydrogen-bond donors (Lipinski definition) is 0. The van der Waals surface area contributed by atoms with Crippen molar-refractivity contribution in [3.8, 4) is 5.69 Å². The van der Waals surface area contributed by atoms with Crippen LogP contribution in [0.3, 0.4) is 0 Å². The van der Waals surface area contributed by atoms with Gasteiger partial charge in [-0.2, -0.15) is 0 Å². The Morgan fingerprint density at radius 3 is 2.46 bits per heavy atom. The summed E-state index contributed by atoms with van der Waals surface area (Å²) in [5.41, 5.74) is 2.74. The van der Waals surface area contributed by atoms with Crippen molar-refractivity contribution in [2.75, 3.05) is 6.61 Å². The van der Waals surface area contributed by atoms with E-state index < -0.39 is 5.97 Å². The largest absolute Gasteiger partial charge is 0.462 e. The Morgan fingerprint density at radius 2 is 1.82 bits per heavy atom. The van der Waals surface area contributed by atoms with Crippen LogP contribution in [0.2, 0.25) is 0 Å². The highest BCUT2D eigenvalue weighted by molar-refractivity contribution is 6.00. The van der Waals surface area contributed by atoms with E-state index in [1.165, 1.54) is 24.3 Å². The summed E-state index contributed by atoms with van der Waals surface area (Å²) in [5.74, 6) is 0.00214. The first-order valence-electron chi connectivity index (χ1n) is 8.74. The van der Waals surface area contributed by atoms with Gasteiger partial charge in [0.2, 0.25) is 5.78 Å². The first kappa shape index (κ1) is 19.4. The van der Waals surface area contributed by atoms with Gasteiger partial charge in [-0.15, -0.1) is 0 Å². The van der Waals surface area contributed by atoms with Crippen LogP contribution in [0.15, 0.2) is 53.0 Å². The first-order valence-corrected chi connectivity index (χ1v) is 8.74. The quantitative estimate of drug-likeness (QED) is 0.356. The average molecular weight is 381 g/mol. The third-order valence-corrected chi connectivity index (χ3v) is 4.31. The predicted molar refractivity (Wildman–Crippen MR) is 103 cm³/mol. The number of benzene rings is 1. The van der Waals surface area contributed by atoms with Crippen LogP contribution in [0.25, 0.3) is 11.8 Å². The van der Waals surface area contributed by atoms with Crippen LogP contribution in [-0.4, -0.2) is 22.9 Å². The second-order valence-corrected chi connectivity index (χ2v) is 6.41. The molecule has 2 aromatic heterocycles. The Hall–Kier alpha value is -3.41. The molecule has 5 nitrogen and oxygen atoms in total. The molecule has 0 radical (unpaired) electrons. The lowest BCUT2D eigenvalue weighted by atomic mass is 10.1. The zero-order valence-corrected chi connectivity index (χ0v) is 15.9. The van der Waals surface area contributed by atoms with Crippen LogP contribution in [0, 0.1) is 26.6 Å². The van der Waals surface area contributed by atoms with Gasteiger partial charge in [0.05, 0.1) is 0 Å². The third-order valence-electron chi connectivity index (χ3n) is 4.31. The van der Waals surface area contributed by atoms with Crippen molar-refractivity contribution in [1.29, 1.82) is 0 Å². The van der Waals surface area contributed by atoms with E-state index >= 15 is 0 Å². The highest BCUT2D eigenvalue weighted by Gasteiger charge is 2.17. The van der Waals surface area contributed by atoms with E-state index in [1.807, 2.05) is 11.5 Å². The van der Waals surface area contributed by atoms with E-state index in [4.69, 9.17) is 9.15 Å². The summed E-state index contributed by atoms with van der Waals surface area (Å²) in [4.78, 5) is 24.3. The van der Waals surface area contributed by atoms with Crippen molar-refractivity contribution in [3.05, 3.63) is 82.8 Å². The van der Waals surface area contributed by atoms with Gasteiger partial charge in [0, 0.05) is 28.7 Å². The summed E-state index contributed by atoms with van der Waals surface area (Å²) < 4.78 is 25.4. The molecule has 0 aliphatic heterocycles. The second kappa shape index (κ2) is 8.08. The average Bonchev–Trinajstić information content (AvgIpc) is 3.21. The minimum atomic E-state index is -0.630. The minimum Gasteiger partial charge on any atom is -0.462 e. The number of hydrogen-bond acceptors (Lipinski definition) is 4. The van der Waals surface area contributed by atoms with Crippen LogP contribution in [0.4, 0.5) is 4.39 Å². The lowest BCUT2D eigenvalue weighted by molar-refractivity contribution is -0.136. The molecule has 3 rings (SSSR count). The topological polar surface area (TPSA) is 61.4 Å². The van der Waals surface area contributed by atoms with E-state index in [0.29, 0.717) is 17.0 Å². The van der Waals surface area contributed by atoms with Crippen LogP contribution >= 0.6 is 0 Å². The fourth-order valence-electron chi connectivity index (χ4n) is 2.99. The molecule has 1 aromatic carbocycles. The van der Waals surface area contributed by atoms with Crippen molar-refractivity contribution >= 4 is 17.8 Å². The normalized spacial score (nSPS) is 11.1. The van der Waals surface area contributed by atoms with Crippen LogP contribution in [0.5, 0.6) is 0 Å². The van der Waals surface area contributed by atoms with Gasteiger partial charge in [0.25, 0.3) is 0 Å². The molecular formula is C22H20FNO4. The molecule has 0 fully saturated rings. The number of rotatable bonds is 6. The van der Waals surface area contributed by atoms with Gasteiger partial charge in [-0.1, -0.05) is 0 Å². The van der Waals surface area contributed by atoms with Crippen molar-refractivity contribution in [2.45, 2.75) is 20.8 Å². The molecule has 0 spiro atoms. The maximum Gasteiger partial charge on any atom is 0.331 e. The fraction of sp³-hybridized carbons (Fsp3) is 0.182. The van der Waals surface area contributed by atoms with E-state index in [-0.39, 0.29) is 18.2 Å². The third kappa shape index (κ3) is 4.28. The highest BCUT2D eigenvalue weighted by atomic mass is 19.1. The van der Waals surface area contributed by atoms with Gasteiger partial charge in [0.1, 0.15) is 17.3 Å². The van der Waals surface area contributed by atoms with Gasteiger partial charge < -0.3 is 13.7 Å². The Morgan fingerprint density at radius 1 is 1.11 bits per heavy atom. The van der Waals surface area contributed by atoms with E-state index in [0.717, 1.165) is 17.1 Å². The number of aromatic nitrogens is 1. The lowest BCUT2D eigenvalue weighted by Gasteiger charge is -2.09. The van der Waals surface area contributed by atoms with Gasteiger partial charge >= 0.3 is 5.97 Å². The summed E-state index contributed by atoms with van der Waals surface area (Å²) in [5, 5.41) is 0. The second-order valence-electron chi connectivity index (χ2n) is 6.41. The SMILES string of the molecule is Cc1ccc(C=CC(=O)OCC(=O)c2cc(C)n(-c3ccc(F)cc3)c2C)o1. The number of nitrogens with zero attached hydrogens (tertiary/aromatic N) is 1. The summed E-state index contributed by atoms with van der Waals surface area (Å²) in [6.45, 7) is 5.09. The molecule has 0 N–H and O–H groups in total. The number of esters is 1. The van der Waals surface area contributed by atoms with E-state index in [1.54, 1.807) is 44.2 Å². The summed E-state index contributed by atoms with van der Waals surface area (Å²) in [7, 11) is 0. The minimum absolute atomic E-state index is 0.308. The molecule has 28 heavy (non-hydrogen) atoms. The Balaban J connectivity index is 1.67. The number of carbonyl (C=O) groups is 2. The van der Waals surface area contributed by atoms with Gasteiger partial charge in [-0.25, -0.2) is 9.18 Å². The van der Waals surface area contributed by atoms with Crippen LogP contribution < -0.4 is 0 Å². The predicted octanol–water partition coefficient (Wildman–Crippen LogP) is 4.57. The number of furan rings is 1. The number of aryl methyl sites for hydroxylation is 2. The molecule has 0 aliphatic rings. The number of Topliss-reactive ketones (excluding diaryl/α,β-unsaturated/α-hetero) is 1. The molecule has 0 amide bonds. The Kier molecular flexibility index (Phi) is 5.59. The molecule has 0 atom stereocenters. The van der Waals surface area contributed by atoms with Crippen molar-refractivity contribution in [1.82, 2.24) is 4.57 Å². The first-order chi connectivity index (χ1) is 13.3. The Bertz CT molecular complexity index is 1040. The molecule has 3 aromatic rings. The van der Waals surface area contributed by atoms with Gasteiger partial charge in [-0.3, -0.25) is 4.79 Å². The monoisotopic (exact) mass is 381 g/mol. The maximum absolute atomic E-state index is 13.2. The number of halogens is 1. The Labute approximate surface area is 162 Å². The number of ketones is 1. The molecule has 0 saturated heterocycles. The summed E-state index contributed by atoms with van der Waals surface area (Å²) in [6, 6.07) is 11.3. The zero-order chi connectivity index (χ0) is 20.3. The molecule has 144 valence electrons. The smallest absolute Gasteiger partial charge is 0.331 e.